The lowest BCUT2D eigenvalue weighted by Gasteiger charge is -2.27. The van der Waals surface area contributed by atoms with Crippen LogP contribution in [0.2, 0.25) is 0 Å². The largest absolute Gasteiger partial charge is 0.439 e. The number of carbonyl (C=O) groups is 1. The van der Waals surface area contributed by atoms with E-state index >= 15 is 0 Å². The molecule has 1 aromatic heterocycles. The molecule has 28 heavy (non-hydrogen) atoms. The first-order chi connectivity index (χ1) is 12.6. The van der Waals surface area contributed by atoms with Crippen molar-refractivity contribution in [2.75, 3.05) is 0 Å². The molecular weight excluding hydrogens is 404 g/mol. The van der Waals surface area contributed by atoms with Crippen molar-refractivity contribution in [1.82, 2.24) is 10.3 Å². The number of carbonyl (C=O) groups excluding carboxylic acids is 1. The number of nitrogens with zero attached hydrogens (tertiary/aromatic N) is 1. The second kappa shape index (κ2) is 9.54. The highest BCUT2D eigenvalue weighted by Gasteiger charge is 2.48. The molecule has 2 aromatic rings. The number of aromatic nitrogens is 1. The Kier molecular flexibility index (Phi) is 7.63. The number of nitrogens with two attached hydrogens (primary N) is 1. The lowest BCUT2D eigenvalue weighted by Crippen LogP contribution is -2.45. The van der Waals surface area contributed by atoms with Crippen LogP contribution < -0.4 is 15.8 Å². The van der Waals surface area contributed by atoms with Crippen LogP contribution in [0, 0.1) is 23.6 Å². The van der Waals surface area contributed by atoms with Crippen LogP contribution in [0.3, 0.4) is 0 Å². The first-order valence-electron chi connectivity index (χ1n) is 9.02. The first-order valence-corrected chi connectivity index (χ1v) is 9.02. The minimum Gasteiger partial charge on any atom is -0.439 e. The number of benzene rings is 1. The van der Waals surface area contributed by atoms with Crippen LogP contribution in [0.15, 0.2) is 42.6 Å². The number of pyridine rings is 1. The van der Waals surface area contributed by atoms with Crippen LogP contribution in [-0.2, 0) is 11.3 Å². The summed E-state index contributed by atoms with van der Waals surface area (Å²) in [5, 5.41) is 2.99. The summed E-state index contributed by atoms with van der Waals surface area (Å²) in [6.45, 7) is 0.420. The molecule has 2 saturated carbocycles. The normalized spacial score (nSPS) is 24.8. The van der Waals surface area contributed by atoms with Crippen LogP contribution in [0.4, 0.5) is 4.39 Å². The lowest BCUT2D eigenvalue weighted by atomic mass is 9.84. The van der Waals surface area contributed by atoms with E-state index in [1.165, 1.54) is 12.1 Å². The van der Waals surface area contributed by atoms with E-state index in [0.717, 1.165) is 24.8 Å². The Morgan fingerprint density at radius 3 is 2.46 bits per heavy atom. The average molecular weight is 428 g/mol. The van der Waals surface area contributed by atoms with Crippen molar-refractivity contribution in [3.8, 4) is 11.6 Å². The molecule has 3 N–H and O–H groups in total. The summed E-state index contributed by atoms with van der Waals surface area (Å²) in [7, 11) is 0. The highest BCUT2D eigenvalue weighted by molar-refractivity contribution is 5.85. The number of rotatable bonds is 5. The molecule has 5 nitrogen and oxygen atoms in total. The second-order valence-electron chi connectivity index (χ2n) is 7.21. The predicted octanol–water partition coefficient (Wildman–Crippen LogP) is 3.85. The molecule has 0 aliphatic heterocycles. The SMILES string of the molecule is Cl.Cl.NC1C2CCC(C2)C1C(=O)NCc1ccc(Oc2ccc(F)cc2)nc1. The zero-order valence-electron chi connectivity index (χ0n) is 15.2. The highest BCUT2D eigenvalue weighted by atomic mass is 35.5. The van der Waals surface area contributed by atoms with E-state index < -0.39 is 0 Å². The molecule has 2 aliphatic rings. The van der Waals surface area contributed by atoms with Crippen molar-refractivity contribution in [3.05, 3.63) is 54.0 Å². The van der Waals surface area contributed by atoms with Gasteiger partial charge in [0.15, 0.2) is 0 Å². The molecule has 1 amide bonds. The molecule has 8 heteroatoms. The summed E-state index contributed by atoms with van der Waals surface area (Å²) in [5.74, 6) is 1.58. The van der Waals surface area contributed by atoms with Crippen molar-refractivity contribution >= 4 is 30.7 Å². The summed E-state index contributed by atoms with van der Waals surface area (Å²) in [4.78, 5) is 16.7. The highest BCUT2D eigenvalue weighted by Crippen LogP contribution is 2.47. The molecule has 2 fully saturated rings. The van der Waals surface area contributed by atoms with Gasteiger partial charge in [-0.05, 0) is 60.9 Å². The Bertz CT molecular complexity index is 787. The maximum absolute atomic E-state index is 12.9. The molecule has 1 aromatic carbocycles. The van der Waals surface area contributed by atoms with Crippen molar-refractivity contribution in [1.29, 1.82) is 0 Å². The van der Waals surface area contributed by atoms with E-state index in [4.69, 9.17) is 10.5 Å². The quantitative estimate of drug-likeness (QED) is 0.759. The summed E-state index contributed by atoms with van der Waals surface area (Å²) < 4.78 is 18.5. The maximum Gasteiger partial charge on any atom is 0.225 e. The van der Waals surface area contributed by atoms with Gasteiger partial charge >= 0.3 is 0 Å². The molecule has 0 spiro atoms. The lowest BCUT2D eigenvalue weighted by molar-refractivity contribution is -0.127. The van der Waals surface area contributed by atoms with E-state index in [1.807, 2.05) is 6.07 Å². The third-order valence-corrected chi connectivity index (χ3v) is 5.58. The van der Waals surface area contributed by atoms with Crippen LogP contribution in [0.5, 0.6) is 11.6 Å². The number of fused-ring (bicyclic) bond motifs is 2. The van der Waals surface area contributed by atoms with Crippen LogP contribution >= 0.6 is 24.8 Å². The van der Waals surface area contributed by atoms with E-state index in [9.17, 15) is 9.18 Å². The van der Waals surface area contributed by atoms with Crippen LogP contribution in [0.25, 0.3) is 0 Å². The average Bonchev–Trinajstić information content (AvgIpc) is 3.24. The number of nitrogens with one attached hydrogen (secondary N) is 1. The summed E-state index contributed by atoms with van der Waals surface area (Å²) in [5.41, 5.74) is 7.11. The molecule has 0 radical (unpaired) electrons. The second-order valence-corrected chi connectivity index (χ2v) is 7.21. The monoisotopic (exact) mass is 427 g/mol. The van der Waals surface area contributed by atoms with E-state index in [2.05, 4.69) is 10.3 Å². The van der Waals surface area contributed by atoms with Gasteiger partial charge in [0.1, 0.15) is 11.6 Å². The van der Waals surface area contributed by atoms with Gasteiger partial charge in [-0.2, -0.15) is 0 Å². The van der Waals surface area contributed by atoms with Crippen molar-refractivity contribution in [2.24, 2.45) is 23.5 Å². The van der Waals surface area contributed by atoms with Gasteiger partial charge in [0.2, 0.25) is 11.8 Å². The molecule has 4 rings (SSSR count). The zero-order chi connectivity index (χ0) is 18.1. The molecular formula is C20H24Cl2FN3O2. The van der Waals surface area contributed by atoms with Crippen LogP contribution in [-0.4, -0.2) is 16.9 Å². The standard InChI is InChI=1S/C20H22FN3O2.2ClH/c21-15-4-6-16(7-5-15)26-17-8-1-12(10-23-17)11-24-20(25)18-13-2-3-14(9-13)19(18)22;;/h1,4-8,10,13-14,18-19H,2-3,9,11,22H2,(H,24,25);2*1H. The Morgan fingerprint density at radius 1 is 1.14 bits per heavy atom. The minimum absolute atomic E-state index is 0. The number of ether oxygens (including phenoxy) is 1. The fourth-order valence-corrected chi connectivity index (χ4v) is 4.23. The van der Waals surface area contributed by atoms with Crippen molar-refractivity contribution in [3.63, 3.8) is 0 Å². The Labute approximate surface area is 176 Å². The van der Waals surface area contributed by atoms with Crippen molar-refractivity contribution in [2.45, 2.75) is 31.8 Å². The molecule has 2 bridgehead atoms. The third-order valence-electron chi connectivity index (χ3n) is 5.58. The number of hydrogen-bond donors (Lipinski definition) is 2. The van der Waals surface area contributed by atoms with Crippen LogP contribution in [0.1, 0.15) is 24.8 Å². The molecule has 0 saturated heterocycles. The predicted molar refractivity (Wildman–Crippen MR) is 109 cm³/mol. The molecule has 4 atom stereocenters. The first kappa shape index (κ1) is 22.4. The summed E-state index contributed by atoms with van der Waals surface area (Å²) >= 11 is 0. The number of hydrogen-bond acceptors (Lipinski definition) is 4. The fraction of sp³-hybridized carbons (Fsp3) is 0.400. The Balaban J connectivity index is 0.00000140. The zero-order valence-corrected chi connectivity index (χ0v) is 16.8. The maximum atomic E-state index is 12.9. The summed E-state index contributed by atoms with van der Waals surface area (Å²) in [6, 6.07) is 9.34. The molecule has 152 valence electrons. The van der Waals surface area contributed by atoms with E-state index in [-0.39, 0.29) is 48.5 Å². The van der Waals surface area contributed by atoms with E-state index in [1.54, 1.807) is 24.4 Å². The third kappa shape index (κ3) is 4.74. The molecule has 4 unspecified atom stereocenters. The van der Waals surface area contributed by atoms with Gasteiger partial charge in [-0.1, -0.05) is 6.07 Å². The smallest absolute Gasteiger partial charge is 0.225 e. The van der Waals surface area contributed by atoms with Gasteiger partial charge in [-0.15, -0.1) is 24.8 Å². The topological polar surface area (TPSA) is 77.2 Å². The number of halogens is 3. The van der Waals surface area contributed by atoms with Gasteiger partial charge in [0, 0.05) is 24.8 Å². The van der Waals surface area contributed by atoms with Crippen molar-refractivity contribution < 1.29 is 13.9 Å². The van der Waals surface area contributed by atoms with Gasteiger partial charge in [-0.25, -0.2) is 9.37 Å². The van der Waals surface area contributed by atoms with Gasteiger partial charge in [0.05, 0.1) is 5.92 Å². The minimum atomic E-state index is -0.313. The van der Waals surface area contributed by atoms with Gasteiger partial charge < -0.3 is 15.8 Å². The van der Waals surface area contributed by atoms with E-state index in [0.29, 0.717) is 30.0 Å². The molecule has 1 heterocycles. The van der Waals surface area contributed by atoms with Gasteiger partial charge in [0.25, 0.3) is 0 Å². The van der Waals surface area contributed by atoms with Gasteiger partial charge in [-0.3, -0.25) is 4.79 Å². The Morgan fingerprint density at radius 2 is 1.86 bits per heavy atom. The Hall–Kier alpha value is -1.89. The fourth-order valence-electron chi connectivity index (χ4n) is 4.23. The molecule has 2 aliphatic carbocycles. The summed E-state index contributed by atoms with van der Waals surface area (Å²) in [6.07, 6.45) is 5.04. The number of amides is 1.